The molecular formula is C17H21NO3. The lowest BCUT2D eigenvalue weighted by molar-refractivity contribution is -0.121. The average molecular weight is 287 g/mol. The summed E-state index contributed by atoms with van der Waals surface area (Å²) in [6, 6.07) is 6.89. The number of rotatable bonds is 7. The van der Waals surface area contributed by atoms with Crippen LogP contribution in [0.3, 0.4) is 0 Å². The maximum atomic E-state index is 12.0. The van der Waals surface area contributed by atoms with Crippen LogP contribution in [0.5, 0.6) is 0 Å². The summed E-state index contributed by atoms with van der Waals surface area (Å²) in [6.45, 7) is 0.803. The second-order valence-corrected chi connectivity index (χ2v) is 6.38. The van der Waals surface area contributed by atoms with Gasteiger partial charge in [-0.2, -0.15) is 0 Å². The summed E-state index contributed by atoms with van der Waals surface area (Å²) < 4.78 is 0. The summed E-state index contributed by atoms with van der Waals surface area (Å²) in [5.74, 6) is -0.0654. The van der Waals surface area contributed by atoms with E-state index in [1.54, 1.807) is 18.2 Å². The fourth-order valence-corrected chi connectivity index (χ4v) is 3.14. The lowest BCUT2D eigenvalue weighted by atomic mass is 10.00. The van der Waals surface area contributed by atoms with E-state index in [1.165, 1.54) is 25.7 Å². The van der Waals surface area contributed by atoms with Crippen LogP contribution >= 0.6 is 0 Å². The molecule has 2 aliphatic rings. The largest absolute Gasteiger partial charge is 0.478 e. The number of carboxylic acid groups (broad SMARTS) is 1. The van der Waals surface area contributed by atoms with Crippen molar-refractivity contribution in [2.45, 2.75) is 38.5 Å². The monoisotopic (exact) mass is 287 g/mol. The standard InChI is InChI=1S/C17H21NO3/c19-15(18-11-17(9-10-17)13-6-7-13)8-5-12-3-1-2-4-14(12)16(20)21/h1-4,13H,5-11H2,(H,18,19)(H,20,21). The van der Waals surface area contributed by atoms with Gasteiger partial charge in [0.1, 0.15) is 0 Å². The molecule has 0 aromatic heterocycles. The Morgan fingerprint density at radius 3 is 2.57 bits per heavy atom. The van der Waals surface area contributed by atoms with Gasteiger partial charge in [-0.15, -0.1) is 0 Å². The summed E-state index contributed by atoms with van der Waals surface area (Å²) in [5, 5.41) is 12.2. The van der Waals surface area contributed by atoms with Gasteiger partial charge in [-0.05, 0) is 55.1 Å². The normalized spacial score (nSPS) is 19.0. The number of amides is 1. The van der Waals surface area contributed by atoms with E-state index >= 15 is 0 Å². The zero-order valence-corrected chi connectivity index (χ0v) is 12.1. The number of carboxylic acids is 1. The number of hydrogen-bond donors (Lipinski definition) is 2. The minimum Gasteiger partial charge on any atom is -0.478 e. The van der Waals surface area contributed by atoms with E-state index in [0.717, 1.165) is 18.0 Å². The molecule has 4 nitrogen and oxygen atoms in total. The lowest BCUT2D eigenvalue weighted by Gasteiger charge is -2.15. The second kappa shape index (κ2) is 5.51. The molecule has 1 aromatic carbocycles. The Morgan fingerprint density at radius 1 is 1.24 bits per heavy atom. The topological polar surface area (TPSA) is 66.4 Å². The van der Waals surface area contributed by atoms with Crippen molar-refractivity contribution >= 4 is 11.9 Å². The SMILES string of the molecule is O=C(CCc1ccccc1C(=O)O)NCC1(C2CC2)CC1. The van der Waals surface area contributed by atoms with Crippen molar-refractivity contribution in [2.24, 2.45) is 11.3 Å². The first-order valence-electron chi connectivity index (χ1n) is 7.69. The number of carbonyl (C=O) groups is 2. The van der Waals surface area contributed by atoms with Crippen molar-refractivity contribution in [1.82, 2.24) is 5.32 Å². The van der Waals surface area contributed by atoms with E-state index in [2.05, 4.69) is 5.32 Å². The Balaban J connectivity index is 1.48. The lowest BCUT2D eigenvalue weighted by Crippen LogP contribution is -2.31. The molecule has 21 heavy (non-hydrogen) atoms. The van der Waals surface area contributed by atoms with E-state index in [0.29, 0.717) is 23.8 Å². The van der Waals surface area contributed by atoms with E-state index < -0.39 is 5.97 Å². The van der Waals surface area contributed by atoms with Crippen molar-refractivity contribution in [3.8, 4) is 0 Å². The van der Waals surface area contributed by atoms with Gasteiger partial charge in [0.05, 0.1) is 5.56 Å². The Morgan fingerprint density at radius 2 is 1.95 bits per heavy atom. The molecule has 112 valence electrons. The highest BCUT2D eigenvalue weighted by Gasteiger charge is 2.53. The molecule has 2 N–H and O–H groups in total. The molecule has 1 amide bonds. The van der Waals surface area contributed by atoms with Crippen LogP contribution in [0.25, 0.3) is 0 Å². The summed E-state index contributed by atoms with van der Waals surface area (Å²) >= 11 is 0. The molecule has 1 aromatic rings. The molecule has 3 rings (SSSR count). The Hall–Kier alpha value is -1.84. The van der Waals surface area contributed by atoms with E-state index in [1.807, 2.05) is 6.07 Å². The predicted octanol–water partition coefficient (Wildman–Crippen LogP) is 2.62. The third kappa shape index (κ3) is 3.26. The molecule has 0 unspecified atom stereocenters. The Bertz CT molecular complexity index is 559. The number of benzene rings is 1. The highest BCUT2D eigenvalue weighted by Crippen LogP contribution is 2.60. The van der Waals surface area contributed by atoms with Crippen LogP contribution in [0.1, 0.15) is 48.0 Å². The van der Waals surface area contributed by atoms with Crippen molar-refractivity contribution in [3.63, 3.8) is 0 Å². The zero-order chi connectivity index (χ0) is 14.9. The maximum Gasteiger partial charge on any atom is 0.335 e. The quantitative estimate of drug-likeness (QED) is 0.810. The first-order chi connectivity index (χ1) is 10.1. The van der Waals surface area contributed by atoms with Gasteiger partial charge in [-0.3, -0.25) is 4.79 Å². The number of hydrogen-bond acceptors (Lipinski definition) is 2. The van der Waals surface area contributed by atoms with Gasteiger partial charge in [-0.25, -0.2) is 4.79 Å². The molecule has 0 bridgehead atoms. The maximum absolute atomic E-state index is 12.0. The number of nitrogens with one attached hydrogen (secondary N) is 1. The molecule has 0 aliphatic heterocycles. The molecule has 0 radical (unpaired) electrons. The first kappa shape index (κ1) is 14.1. The number of carbonyl (C=O) groups excluding carboxylic acids is 1. The highest BCUT2D eigenvalue weighted by atomic mass is 16.4. The smallest absolute Gasteiger partial charge is 0.335 e. The zero-order valence-electron chi connectivity index (χ0n) is 12.1. The molecule has 0 heterocycles. The molecule has 4 heteroatoms. The van der Waals surface area contributed by atoms with Crippen molar-refractivity contribution < 1.29 is 14.7 Å². The second-order valence-electron chi connectivity index (χ2n) is 6.38. The Kier molecular flexibility index (Phi) is 3.70. The summed E-state index contributed by atoms with van der Waals surface area (Å²) in [7, 11) is 0. The van der Waals surface area contributed by atoms with E-state index in [-0.39, 0.29) is 5.91 Å². The van der Waals surface area contributed by atoms with Crippen LogP contribution in [0.2, 0.25) is 0 Å². The van der Waals surface area contributed by atoms with Crippen LogP contribution in [-0.4, -0.2) is 23.5 Å². The average Bonchev–Trinajstić information content (AvgIpc) is 3.36. The first-order valence-corrected chi connectivity index (χ1v) is 7.69. The van der Waals surface area contributed by atoms with Crippen molar-refractivity contribution in [2.75, 3.05) is 6.54 Å². The Labute approximate surface area is 124 Å². The van der Waals surface area contributed by atoms with Crippen LogP contribution in [-0.2, 0) is 11.2 Å². The minimum absolute atomic E-state index is 0.0297. The van der Waals surface area contributed by atoms with Crippen LogP contribution in [0, 0.1) is 11.3 Å². The summed E-state index contributed by atoms with van der Waals surface area (Å²) in [6.07, 6.45) is 5.97. The van der Waals surface area contributed by atoms with E-state index in [9.17, 15) is 9.59 Å². The molecule has 2 aliphatic carbocycles. The summed E-state index contributed by atoms with van der Waals surface area (Å²) in [5.41, 5.74) is 1.43. The van der Waals surface area contributed by atoms with E-state index in [4.69, 9.17) is 5.11 Å². The van der Waals surface area contributed by atoms with Gasteiger partial charge >= 0.3 is 5.97 Å². The van der Waals surface area contributed by atoms with Crippen LogP contribution < -0.4 is 5.32 Å². The van der Waals surface area contributed by atoms with Crippen molar-refractivity contribution in [1.29, 1.82) is 0 Å². The number of aromatic carboxylic acids is 1. The predicted molar refractivity (Wildman–Crippen MR) is 79.1 cm³/mol. The fraction of sp³-hybridized carbons (Fsp3) is 0.529. The van der Waals surface area contributed by atoms with Crippen LogP contribution in [0.15, 0.2) is 24.3 Å². The third-order valence-electron chi connectivity index (χ3n) is 4.84. The highest BCUT2D eigenvalue weighted by molar-refractivity contribution is 5.89. The van der Waals surface area contributed by atoms with Gasteiger partial charge < -0.3 is 10.4 Å². The fourth-order valence-electron chi connectivity index (χ4n) is 3.14. The van der Waals surface area contributed by atoms with Crippen molar-refractivity contribution in [3.05, 3.63) is 35.4 Å². The molecule has 0 atom stereocenters. The van der Waals surface area contributed by atoms with Gasteiger partial charge in [0.15, 0.2) is 0 Å². The van der Waals surface area contributed by atoms with Gasteiger partial charge in [-0.1, -0.05) is 18.2 Å². The third-order valence-corrected chi connectivity index (χ3v) is 4.84. The number of aryl methyl sites for hydroxylation is 1. The molecule has 0 saturated heterocycles. The van der Waals surface area contributed by atoms with Gasteiger partial charge in [0, 0.05) is 13.0 Å². The van der Waals surface area contributed by atoms with Crippen LogP contribution in [0.4, 0.5) is 0 Å². The molecular weight excluding hydrogens is 266 g/mol. The van der Waals surface area contributed by atoms with Gasteiger partial charge in [0.25, 0.3) is 0 Å². The molecule has 2 saturated carbocycles. The molecule has 2 fully saturated rings. The molecule has 0 spiro atoms. The minimum atomic E-state index is -0.934. The summed E-state index contributed by atoms with van der Waals surface area (Å²) in [4.78, 5) is 23.1. The van der Waals surface area contributed by atoms with Gasteiger partial charge in [0.2, 0.25) is 5.91 Å².